The van der Waals surface area contributed by atoms with E-state index >= 15 is 0 Å². The first kappa shape index (κ1) is 20.1. The number of nitrogens with one attached hydrogen (secondary N) is 1. The van der Waals surface area contributed by atoms with E-state index in [9.17, 15) is 4.79 Å². The molecule has 1 fully saturated rings. The maximum absolute atomic E-state index is 12.9. The number of piperidine rings is 1. The molecule has 2 aliphatic rings. The van der Waals surface area contributed by atoms with Crippen LogP contribution in [-0.4, -0.2) is 56.0 Å². The van der Waals surface area contributed by atoms with E-state index < -0.39 is 0 Å². The van der Waals surface area contributed by atoms with Crippen molar-refractivity contribution in [2.45, 2.75) is 29.9 Å². The fourth-order valence-corrected chi connectivity index (χ4v) is 5.39. The molecule has 6 heteroatoms. The number of likely N-dealkylation sites (tertiary alicyclic amines) is 1. The lowest BCUT2D eigenvalue weighted by atomic mass is 9.86. The van der Waals surface area contributed by atoms with E-state index in [1.807, 2.05) is 54.0 Å². The van der Waals surface area contributed by atoms with Gasteiger partial charge in [-0.15, -0.1) is 11.8 Å². The zero-order valence-electron chi connectivity index (χ0n) is 17.0. The topological polar surface area (TPSA) is 50.8 Å². The number of rotatable bonds is 5. The summed E-state index contributed by atoms with van der Waals surface area (Å²) >= 11 is 1.87. The molecule has 2 aromatic rings. The van der Waals surface area contributed by atoms with E-state index in [-0.39, 0.29) is 18.1 Å². The summed E-state index contributed by atoms with van der Waals surface area (Å²) in [6.45, 7) is 1.55. The van der Waals surface area contributed by atoms with E-state index in [1.165, 1.54) is 4.90 Å². The molecule has 2 atom stereocenters. The van der Waals surface area contributed by atoms with Crippen LogP contribution in [0.5, 0.6) is 11.5 Å². The van der Waals surface area contributed by atoms with E-state index in [0.29, 0.717) is 17.2 Å². The number of hydrogen-bond acceptors (Lipinski definition) is 5. The van der Waals surface area contributed by atoms with Gasteiger partial charge in [0.05, 0.1) is 7.11 Å². The van der Waals surface area contributed by atoms with Crippen LogP contribution in [-0.2, 0) is 0 Å². The summed E-state index contributed by atoms with van der Waals surface area (Å²) in [5.41, 5.74) is 0.691. The number of amides is 1. The van der Waals surface area contributed by atoms with Crippen LogP contribution in [0.2, 0.25) is 0 Å². The molecule has 0 aromatic heterocycles. The van der Waals surface area contributed by atoms with E-state index in [4.69, 9.17) is 9.47 Å². The Balaban J connectivity index is 1.37. The van der Waals surface area contributed by atoms with Crippen molar-refractivity contribution in [3.8, 4) is 11.5 Å². The maximum Gasteiger partial charge on any atom is 0.253 e. The second-order valence-corrected chi connectivity index (χ2v) is 8.65. The van der Waals surface area contributed by atoms with Crippen molar-refractivity contribution in [3.05, 3.63) is 54.1 Å². The first-order chi connectivity index (χ1) is 14.2. The Morgan fingerprint density at radius 3 is 2.76 bits per heavy atom. The molecule has 0 bridgehead atoms. The highest BCUT2D eigenvalue weighted by molar-refractivity contribution is 7.99. The number of likely N-dealkylation sites (N-methyl/N-ethyl adjacent to an activating group) is 1. The number of ether oxygens (including phenoxy) is 2. The normalized spacial score (nSPS) is 20.5. The molecule has 1 amide bonds. The van der Waals surface area contributed by atoms with Crippen LogP contribution in [0.25, 0.3) is 0 Å². The second-order valence-electron chi connectivity index (χ2n) is 7.59. The molecule has 4 rings (SSSR count). The number of thioether (sulfide) groups is 1. The quantitative estimate of drug-likeness (QED) is 0.812. The highest BCUT2D eigenvalue weighted by Gasteiger charge is 2.35. The van der Waals surface area contributed by atoms with Crippen LogP contribution in [0.4, 0.5) is 0 Å². The average Bonchev–Trinajstić information content (AvgIpc) is 2.79. The average molecular weight is 413 g/mol. The van der Waals surface area contributed by atoms with Crippen molar-refractivity contribution in [2.24, 2.45) is 5.92 Å². The van der Waals surface area contributed by atoms with Gasteiger partial charge in [0.25, 0.3) is 5.91 Å². The predicted octanol–water partition coefficient (Wildman–Crippen LogP) is 3.69. The van der Waals surface area contributed by atoms with Crippen LogP contribution < -0.4 is 14.8 Å². The van der Waals surface area contributed by atoms with E-state index in [0.717, 1.165) is 37.4 Å². The molecule has 2 aliphatic heterocycles. The Labute approximate surface area is 176 Å². The first-order valence-electron chi connectivity index (χ1n) is 10.2. The molecule has 2 unspecified atom stereocenters. The van der Waals surface area contributed by atoms with E-state index in [1.54, 1.807) is 7.11 Å². The molecular weight excluding hydrogens is 384 g/mol. The molecule has 1 saturated heterocycles. The van der Waals surface area contributed by atoms with Crippen molar-refractivity contribution in [2.75, 3.05) is 33.0 Å². The van der Waals surface area contributed by atoms with Crippen molar-refractivity contribution >= 4 is 17.7 Å². The number of carbonyl (C=O) groups is 1. The summed E-state index contributed by atoms with van der Waals surface area (Å²) < 4.78 is 11.6. The Hall–Kier alpha value is -2.18. The smallest absolute Gasteiger partial charge is 0.253 e. The molecule has 5 nitrogen and oxygen atoms in total. The second kappa shape index (κ2) is 9.09. The van der Waals surface area contributed by atoms with Crippen LogP contribution in [0.1, 0.15) is 23.2 Å². The number of hydrogen-bond donors (Lipinski definition) is 1. The van der Waals surface area contributed by atoms with Crippen LogP contribution in [0.3, 0.4) is 0 Å². The van der Waals surface area contributed by atoms with Crippen molar-refractivity contribution in [1.82, 2.24) is 10.2 Å². The molecular formula is C23H28N2O3S. The Bertz CT molecular complexity index is 852. The number of methoxy groups -OCH3 is 1. The molecule has 0 radical (unpaired) electrons. The van der Waals surface area contributed by atoms with Gasteiger partial charge in [-0.25, -0.2) is 0 Å². The summed E-state index contributed by atoms with van der Waals surface area (Å²) in [7, 11) is 3.64. The largest absolute Gasteiger partial charge is 0.497 e. The molecule has 2 heterocycles. The third kappa shape index (κ3) is 4.38. The standard InChI is InChI=1S/C23H28N2O3S/c1-24-22(20-15-29-21-9-4-3-8-19(21)28-20)16-10-12-25(13-11-16)23(26)17-6-5-7-18(14-17)27-2/h3-9,14,16,20,22,24H,10-13,15H2,1-2H3. The molecule has 2 aromatic carbocycles. The summed E-state index contributed by atoms with van der Waals surface area (Å²) in [4.78, 5) is 16.1. The van der Waals surface area contributed by atoms with Crippen molar-refractivity contribution in [3.63, 3.8) is 0 Å². The van der Waals surface area contributed by atoms with Crippen LogP contribution in [0, 0.1) is 5.92 Å². The fourth-order valence-electron chi connectivity index (χ4n) is 4.34. The van der Waals surface area contributed by atoms with Gasteiger partial charge in [0.2, 0.25) is 0 Å². The van der Waals surface area contributed by atoms with Gasteiger partial charge in [0.15, 0.2) is 0 Å². The predicted molar refractivity (Wildman–Crippen MR) is 116 cm³/mol. The fraction of sp³-hybridized carbons (Fsp3) is 0.435. The van der Waals surface area contributed by atoms with Gasteiger partial charge in [0, 0.05) is 35.3 Å². The number of carbonyl (C=O) groups excluding carboxylic acids is 1. The van der Waals surface area contributed by atoms with Gasteiger partial charge >= 0.3 is 0 Å². The van der Waals surface area contributed by atoms with Crippen LogP contribution in [0.15, 0.2) is 53.4 Å². The number of nitrogens with zero attached hydrogens (tertiary/aromatic N) is 1. The zero-order valence-corrected chi connectivity index (χ0v) is 17.8. The lowest BCUT2D eigenvalue weighted by molar-refractivity contribution is 0.0609. The van der Waals surface area contributed by atoms with Gasteiger partial charge in [0.1, 0.15) is 17.6 Å². The van der Waals surface area contributed by atoms with Gasteiger partial charge in [-0.3, -0.25) is 4.79 Å². The zero-order chi connectivity index (χ0) is 20.2. The number of para-hydroxylation sites is 1. The van der Waals surface area contributed by atoms with Crippen molar-refractivity contribution in [1.29, 1.82) is 0 Å². The van der Waals surface area contributed by atoms with E-state index in [2.05, 4.69) is 23.5 Å². The molecule has 0 saturated carbocycles. The summed E-state index contributed by atoms with van der Waals surface area (Å²) in [5, 5.41) is 3.50. The molecule has 154 valence electrons. The lowest BCUT2D eigenvalue weighted by Crippen LogP contribution is -2.52. The minimum atomic E-state index is 0.0850. The maximum atomic E-state index is 12.9. The lowest BCUT2D eigenvalue weighted by Gasteiger charge is -2.40. The summed E-state index contributed by atoms with van der Waals surface area (Å²) in [6.07, 6.45) is 2.10. The molecule has 1 N–H and O–H groups in total. The molecule has 0 aliphatic carbocycles. The molecule has 0 spiro atoms. The number of benzene rings is 2. The third-order valence-electron chi connectivity index (χ3n) is 5.92. The Kier molecular flexibility index (Phi) is 6.31. The van der Waals surface area contributed by atoms with Gasteiger partial charge in [-0.05, 0) is 56.1 Å². The minimum absolute atomic E-state index is 0.0850. The summed E-state index contributed by atoms with van der Waals surface area (Å²) in [6, 6.07) is 15.9. The molecule has 29 heavy (non-hydrogen) atoms. The summed E-state index contributed by atoms with van der Waals surface area (Å²) in [5.74, 6) is 3.23. The SMILES string of the molecule is CNC(C1CCN(C(=O)c2cccc(OC)c2)CC1)C1CSc2ccccc2O1. The van der Waals surface area contributed by atoms with Crippen molar-refractivity contribution < 1.29 is 14.3 Å². The van der Waals surface area contributed by atoms with Gasteiger partial charge < -0.3 is 19.7 Å². The first-order valence-corrected chi connectivity index (χ1v) is 11.2. The number of fused-ring (bicyclic) bond motifs is 1. The Morgan fingerprint density at radius 1 is 1.21 bits per heavy atom. The highest BCUT2D eigenvalue weighted by Crippen LogP contribution is 2.37. The van der Waals surface area contributed by atoms with Gasteiger partial charge in [-0.2, -0.15) is 0 Å². The minimum Gasteiger partial charge on any atom is -0.497 e. The third-order valence-corrected chi connectivity index (χ3v) is 7.06. The Morgan fingerprint density at radius 2 is 2.00 bits per heavy atom. The highest BCUT2D eigenvalue weighted by atomic mass is 32.2. The van der Waals surface area contributed by atoms with Gasteiger partial charge in [-0.1, -0.05) is 18.2 Å². The van der Waals surface area contributed by atoms with Crippen LogP contribution >= 0.6 is 11.8 Å². The monoisotopic (exact) mass is 412 g/mol.